The molecule has 0 aliphatic heterocycles. The highest BCUT2D eigenvalue weighted by Gasteiger charge is 2.07. The predicted octanol–water partition coefficient (Wildman–Crippen LogP) is 3.20. The second-order valence-corrected chi connectivity index (χ2v) is 4.29. The highest BCUT2D eigenvalue weighted by Crippen LogP contribution is 2.16. The van der Waals surface area contributed by atoms with E-state index in [1.165, 1.54) is 6.07 Å². The third-order valence-electron chi connectivity index (χ3n) is 2.87. The second-order valence-electron chi connectivity index (χ2n) is 4.29. The quantitative estimate of drug-likeness (QED) is 0.814. The van der Waals surface area contributed by atoms with Crippen molar-refractivity contribution in [1.29, 1.82) is 0 Å². The van der Waals surface area contributed by atoms with Gasteiger partial charge < -0.3 is 5.32 Å². The van der Waals surface area contributed by atoms with Crippen LogP contribution >= 0.6 is 0 Å². The average Bonchev–Trinajstić information content (AvgIpc) is 2.25. The van der Waals surface area contributed by atoms with Crippen molar-refractivity contribution in [2.45, 2.75) is 39.2 Å². The number of nitrogens with one attached hydrogen (secondary N) is 1. The van der Waals surface area contributed by atoms with Crippen LogP contribution in [0.5, 0.6) is 0 Å². The lowest BCUT2D eigenvalue weighted by Gasteiger charge is -2.10. The molecule has 0 radical (unpaired) electrons. The first kappa shape index (κ1) is 13.1. The highest BCUT2D eigenvalue weighted by atomic mass is 19.2. The molecule has 1 aromatic carbocycles. The standard InChI is InChI=1S/C13H19F2N/c1-9-7-11(8-12(14)13(9)15)6-4-5-10(2)16-3/h7-8,10,16H,4-6H2,1-3H3/t10-/m0/s1. The van der Waals surface area contributed by atoms with Crippen LogP contribution in [0.1, 0.15) is 30.9 Å². The van der Waals surface area contributed by atoms with Crippen molar-refractivity contribution in [3.05, 3.63) is 34.9 Å². The van der Waals surface area contributed by atoms with Gasteiger partial charge in [0.15, 0.2) is 11.6 Å². The summed E-state index contributed by atoms with van der Waals surface area (Å²) in [6.45, 7) is 3.70. The number of hydrogen-bond donors (Lipinski definition) is 1. The molecule has 0 saturated carbocycles. The molecule has 1 aromatic rings. The Labute approximate surface area is 95.9 Å². The number of rotatable bonds is 5. The van der Waals surface area contributed by atoms with Crippen LogP contribution < -0.4 is 5.32 Å². The van der Waals surface area contributed by atoms with Crippen LogP contribution in [-0.4, -0.2) is 13.1 Å². The molecule has 3 heteroatoms. The molecule has 0 spiro atoms. The van der Waals surface area contributed by atoms with Gasteiger partial charge in [-0.3, -0.25) is 0 Å². The SMILES string of the molecule is CN[C@@H](C)CCCc1cc(C)c(F)c(F)c1. The van der Waals surface area contributed by atoms with Gasteiger partial charge in [0.25, 0.3) is 0 Å². The molecule has 1 nitrogen and oxygen atoms in total. The van der Waals surface area contributed by atoms with Gasteiger partial charge in [-0.15, -0.1) is 0 Å². The molecule has 0 bridgehead atoms. The van der Waals surface area contributed by atoms with E-state index in [4.69, 9.17) is 0 Å². The van der Waals surface area contributed by atoms with Crippen molar-refractivity contribution >= 4 is 0 Å². The van der Waals surface area contributed by atoms with Gasteiger partial charge in [-0.1, -0.05) is 6.07 Å². The first-order valence-electron chi connectivity index (χ1n) is 5.66. The number of aryl methyl sites for hydroxylation is 2. The zero-order valence-electron chi connectivity index (χ0n) is 10.1. The van der Waals surface area contributed by atoms with E-state index < -0.39 is 11.6 Å². The Kier molecular flexibility index (Phi) is 4.87. The Morgan fingerprint density at radius 3 is 2.56 bits per heavy atom. The van der Waals surface area contributed by atoms with Crippen molar-refractivity contribution in [2.24, 2.45) is 0 Å². The summed E-state index contributed by atoms with van der Waals surface area (Å²) in [7, 11) is 1.92. The molecule has 1 rings (SSSR count). The van der Waals surface area contributed by atoms with Gasteiger partial charge in [0, 0.05) is 6.04 Å². The maximum Gasteiger partial charge on any atom is 0.161 e. The Bertz CT molecular complexity index is 327. The van der Waals surface area contributed by atoms with Gasteiger partial charge in [0.1, 0.15) is 0 Å². The number of benzene rings is 1. The molecule has 1 atom stereocenters. The molecule has 0 amide bonds. The molecule has 0 fully saturated rings. The Balaban J connectivity index is 2.55. The van der Waals surface area contributed by atoms with Crippen LogP contribution in [0.4, 0.5) is 8.78 Å². The van der Waals surface area contributed by atoms with E-state index in [0.717, 1.165) is 24.8 Å². The number of halogens is 2. The van der Waals surface area contributed by atoms with E-state index in [1.54, 1.807) is 13.0 Å². The first-order valence-corrected chi connectivity index (χ1v) is 5.66. The summed E-state index contributed by atoms with van der Waals surface area (Å²) in [4.78, 5) is 0. The summed E-state index contributed by atoms with van der Waals surface area (Å²) in [6.07, 6.45) is 2.81. The zero-order valence-corrected chi connectivity index (χ0v) is 10.1. The van der Waals surface area contributed by atoms with Gasteiger partial charge >= 0.3 is 0 Å². The predicted molar refractivity (Wildman–Crippen MR) is 62.6 cm³/mol. The van der Waals surface area contributed by atoms with Crippen LogP contribution in [-0.2, 0) is 6.42 Å². The molecule has 0 aromatic heterocycles. The molecular weight excluding hydrogens is 208 g/mol. The molecule has 90 valence electrons. The van der Waals surface area contributed by atoms with E-state index >= 15 is 0 Å². The van der Waals surface area contributed by atoms with E-state index in [0.29, 0.717) is 11.6 Å². The third-order valence-corrected chi connectivity index (χ3v) is 2.87. The van der Waals surface area contributed by atoms with Crippen molar-refractivity contribution < 1.29 is 8.78 Å². The molecule has 0 aliphatic carbocycles. The Morgan fingerprint density at radius 2 is 2.00 bits per heavy atom. The van der Waals surface area contributed by atoms with Crippen molar-refractivity contribution in [2.75, 3.05) is 7.05 Å². The normalized spacial score (nSPS) is 12.8. The zero-order chi connectivity index (χ0) is 12.1. The lowest BCUT2D eigenvalue weighted by atomic mass is 10.0. The molecule has 0 saturated heterocycles. The third kappa shape index (κ3) is 3.56. The maximum atomic E-state index is 13.1. The first-order chi connectivity index (χ1) is 7.54. The van der Waals surface area contributed by atoms with Crippen LogP contribution in [0.15, 0.2) is 12.1 Å². The maximum absolute atomic E-state index is 13.1. The van der Waals surface area contributed by atoms with E-state index in [-0.39, 0.29) is 0 Å². The van der Waals surface area contributed by atoms with Gasteiger partial charge in [-0.2, -0.15) is 0 Å². The fourth-order valence-corrected chi connectivity index (χ4v) is 1.70. The van der Waals surface area contributed by atoms with Crippen molar-refractivity contribution in [1.82, 2.24) is 5.32 Å². The summed E-state index contributed by atoms with van der Waals surface area (Å²) >= 11 is 0. The molecular formula is C13H19F2N. The molecule has 0 aliphatic rings. The monoisotopic (exact) mass is 227 g/mol. The van der Waals surface area contributed by atoms with E-state index in [2.05, 4.69) is 12.2 Å². The van der Waals surface area contributed by atoms with Crippen molar-refractivity contribution in [3.8, 4) is 0 Å². The van der Waals surface area contributed by atoms with Gasteiger partial charge in [0.2, 0.25) is 0 Å². The fraction of sp³-hybridized carbons (Fsp3) is 0.538. The van der Waals surface area contributed by atoms with E-state index in [1.807, 2.05) is 7.05 Å². The minimum absolute atomic E-state index is 0.386. The average molecular weight is 227 g/mol. The van der Waals surface area contributed by atoms with Gasteiger partial charge in [-0.05, 0) is 57.4 Å². The van der Waals surface area contributed by atoms with Crippen LogP contribution in [0.25, 0.3) is 0 Å². The minimum Gasteiger partial charge on any atom is -0.317 e. The summed E-state index contributed by atoms with van der Waals surface area (Å²) < 4.78 is 26.1. The summed E-state index contributed by atoms with van der Waals surface area (Å²) in [5, 5.41) is 3.15. The van der Waals surface area contributed by atoms with Crippen molar-refractivity contribution in [3.63, 3.8) is 0 Å². The van der Waals surface area contributed by atoms with E-state index in [9.17, 15) is 8.78 Å². The molecule has 1 N–H and O–H groups in total. The number of hydrogen-bond acceptors (Lipinski definition) is 1. The molecule has 0 unspecified atom stereocenters. The Morgan fingerprint density at radius 1 is 1.31 bits per heavy atom. The summed E-state index contributed by atoms with van der Waals surface area (Å²) in [5.74, 6) is -1.47. The smallest absolute Gasteiger partial charge is 0.161 e. The fourth-order valence-electron chi connectivity index (χ4n) is 1.70. The van der Waals surface area contributed by atoms with Crippen LogP contribution in [0, 0.1) is 18.6 Å². The Hall–Kier alpha value is -0.960. The highest BCUT2D eigenvalue weighted by molar-refractivity contribution is 5.25. The van der Waals surface area contributed by atoms with Gasteiger partial charge in [0.05, 0.1) is 0 Å². The lowest BCUT2D eigenvalue weighted by Crippen LogP contribution is -2.20. The van der Waals surface area contributed by atoms with Crippen LogP contribution in [0.2, 0.25) is 0 Å². The summed E-state index contributed by atoms with van der Waals surface area (Å²) in [6, 6.07) is 3.49. The van der Waals surface area contributed by atoms with Crippen LogP contribution in [0.3, 0.4) is 0 Å². The molecule has 16 heavy (non-hydrogen) atoms. The minimum atomic E-state index is -0.739. The molecule has 0 heterocycles. The topological polar surface area (TPSA) is 12.0 Å². The lowest BCUT2D eigenvalue weighted by molar-refractivity contribution is 0.499. The largest absolute Gasteiger partial charge is 0.317 e. The second kappa shape index (κ2) is 5.94. The summed E-state index contributed by atoms with van der Waals surface area (Å²) in [5.41, 5.74) is 1.26. The van der Waals surface area contributed by atoms with Gasteiger partial charge in [-0.25, -0.2) is 8.78 Å².